The highest BCUT2D eigenvalue weighted by Gasteiger charge is 2.20. The molecule has 0 atom stereocenters. The average Bonchev–Trinajstić information content (AvgIpc) is 2.46. The maximum absolute atomic E-state index is 13.1. The molecule has 2 aromatic rings. The van der Waals surface area contributed by atoms with Crippen LogP contribution in [0.1, 0.15) is 13.8 Å². The van der Waals surface area contributed by atoms with E-state index in [4.69, 9.17) is 0 Å². The number of nitrogens with zero attached hydrogens (tertiary/aromatic N) is 2. The van der Waals surface area contributed by atoms with E-state index in [1.165, 1.54) is 12.1 Å². The lowest BCUT2D eigenvalue weighted by Crippen LogP contribution is -2.11. The first kappa shape index (κ1) is 19.9. The minimum absolute atomic E-state index is 0.0236. The molecule has 0 aliphatic heterocycles. The highest BCUT2D eigenvalue weighted by molar-refractivity contribution is 5.62. The molecule has 0 heterocycles. The lowest BCUT2D eigenvalue weighted by molar-refractivity contribution is -0.390. The van der Waals surface area contributed by atoms with Crippen molar-refractivity contribution in [2.75, 3.05) is 5.32 Å². The smallest absolute Gasteiger partial charge is 0.340 e. The van der Waals surface area contributed by atoms with Crippen LogP contribution in [0.4, 0.5) is 30.2 Å². The van der Waals surface area contributed by atoms with Crippen LogP contribution in [0.25, 0.3) is 0 Å². The first-order valence-electron chi connectivity index (χ1n) is 6.93. The minimum atomic E-state index is -1.16. The maximum Gasteiger partial charge on any atom is 0.340 e. The molecular formula is C15H14F3N3O4. The Balaban J connectivity index is 0.000000257. The normalized spacial score (nSPS) is 10.0. The maximum atomic E-state index is 13.1. The largest absolute Gasteiger partial charge is 0.377 e. The topological polar surface area (TPSA) is 98.3 Å². The molecule has 0 saturated heterocycles. The van der Waals surface area contributed by atoms with Crippen LogP contribution in [0, 0.1) is 37.7 Å². The summed E-state index contributed by atoms with van der Waals surface area (Å²) in [7, 11) is 0. The van der Waals surface area contributed by atoms with Gasteiger partial charge in [-0.25, -0.2) is 0 Å². The van der Waals surface area contributed by atoms with Crippen molar-refractivity contribution in [1.82, 2.24) is 0 Å². The van der Waals surface area contributed by atoms with Gasteiger partial charge in [0.05, 0.1) is 9.85 Å². The molecule has 7 nitrogen and oxygen atoms in total. The van der Waals surface area contributed by atoms with Gasteiger partial charge in [-0.15, -0.1) is 0 Å². The molecule has 0 amide bonds. The van der Waals surface area contributed by atoms with Crippen molar-refractivity contribution in [3.05, 3.63) is 74.1 Å². The molecule has 0 radical (unpaired) electrons. The van der Waals surface area contributed by atoms with Gasteiger partial charge >= 0.3 is 11.4 Å². The van der Waals surface area contributed by atoms with E-state index in [1.807, 2.05) is 13.8 Å². The number of hydrogen-bond acceptors (Lipinski definition) is 5. The zero-order valence-electron chi connectivity index (χ0n) is 13.2. The molecule has 2 rings (SSSR count). The zero-order chi connectivity index (χ0) is 19.1. The van der Waals surface area contributed by atoms with Gasteiger partial charge in [0.1, 0.15) is 5.69 Å². The van der Waals surface area contributed by atoms with Crippen molar-refractivity contribution in [3.8, 4) is 0 Å². The first-order valence-corrected chi connectivity index (χ1v) is 6.93. The summed E-state index contributed by atoms with van der Waals surface area (Å²) in [6.07, 6.45) is 0. The van der Waals surface area contributed by atoms with Crippen LogP contribution in [0.2, 0.25) is 0 Å². The summed E-state index contributed by atoms with van der Waals surface area (Å²) in [5.74, 6) is -3.13. The fourth-order valence-corrected chi connectivity index (χ4v) is 1.79. The van der Waals surface area contributed by atoms with Crippen LogP contribution >= 0.6 is 0 Å². The van der Waals surface area contributed by atoms with Crippen LogP contribution in [-0.4, -0.2) is 15.9 Å². The quantitative estimate of drug-likeness (QED) is 0.645. The Kier molecular flexibility index (Phi) is 6.85. The molecule has 0 fully saturated rings. The summed E-state index contributed by atoms with van der Waals surface area (Å²) in [5, 5.41) is 23.3. The number of halogens is 3. The van der Waals surface area contributed by atoms with Gasteiger partial charge in [0.2, 0.25) is 17.5 Å². The number of para-hydroxylation sites is 2. The van der Waals surface area contributed by atoms with E-state index in [9.17, 15) is 33.4 Å². The van der Waals surface area contributed by atoms with Gasteiger partial charge in [-0.3, -0.25) is 20.2 Å². The molecule has 0 saturated carbocycles. The van der Waals surface area contributed by atoms with Crippen LogP contribution in [-0.2, 0) is 0 Å². The standard InChI is InChI=1S/C9H11FN2O2.C6H3F2NO2/c1-6(2)11-8-5-3-4-7(10)9(8)12(13)14;7-4-2-1-3-5(8)6(4)9(10)11/h3-6,11H,1-2H3;1-3H. The average molecular weight is 357 g/mol. The van der Waals surface area contributed by atoms with E-state index in [0.29, 0.717) is 0 Å². The molecule has 134 valence electrons. The molecule has 0 aliphatic carbocycles. The van der Waals surface area contributed by atoms with Gasteiger partial charge in [0.25, 0.3) is 0 Å². The summed E-state index contributed by atoms with van der Waals surface area (Å²) < 4.78 is 37.9. The highest BCUT2D eigenvalue weighted by atomic mass is 19.1. The van der Waals surface area contributed by atoms with E-state index in [2.05, 4.69) is 5.32 Å². The number of hydrogen-bond donors (Lipinski definition) is 1. The molecule has 0 bridgehead atoms. The first-order chi connectivity index (χ1) is 11.6. The Morgan fingerprint density at radius 1 is 0.840 bits per heavy atom. The van der Waals surface area contributed by atoms with E-state index >= 15 is 0 Å². The Hall–Kier alpha value is -3.17. The summed E-state index contributed by atoms with van der Waals surface area (Å²) in [4.78, 5) is 18.7. The van der Waals surface area contributed by atoms with Crippen LogP contribution in [0.5, 0.6) is 0 Å². The van der Waals surface area contributed by atoms with E-state index in [0.717, 1.165) is 24.3 Å². The van der Waals surface area contributed by atoms with E-state index < -0.39 is 38.7 Å². The Morgan fingerprint density at radius 2 is 1.24 bits per heavy atom. The fraction of sp³-hybridized carbons (Fsp3) is 0.200. The lowest BCUT2D eigenvalue weighted by Gasteiger charge is -2.09. The third kappa shape index (κ3) is 5.44. The summed E-state index contributed by atoms with van der Waals surface area (Å²) in [5.41, 5.74) is -1.39. The molecule has 0 aromatic heterocycles. The van der Waals surface area contributed by atoms with Crippen molar-refractivity contribution in [3.63, 3.8) is 0 Å². The fourth-order valence-electron chi connectivity index (χ4n) is 1.79. The van der Waals surface area contributed by atoms with Crippen molar-refractivity contribution in [2.24, 2.45) is 0 Å². The minimum Gasteiger partial charge on any atom is -0.377 e. The molecule has 1 N–H and O–H groups in total. The number of anilines is 1. The third-order valence-electron chi connectivity index (χ3n) is 2.73. The van der Waals surface area contributed by atoms with Crippen molar-refractivity contribution in [1.29, 1.82) is 0 Å². The predicted octanol–water partition coefficient (Wildman–Crippen LogP) is 4.43. The van der Waals surface area contributed by atoms with Gasteiger partial charge < -0.3 is 5.32 Å². The molecule has 0 aliphatic rings. The monoisotopic (exact) mass is 357 g/mol. The second kappa shape index (κ2) is 8.62. The van der Waals surface area contributed by atoms with Gasteiger partial charge in [-0.2, -0.15) is 13.2 Å². The number of benzene rings is 2. The highest BCUT2D eigenvalue weighted by Crippen LogP contribution is 2.27. The van der Waals surface area contributed by atoms with Gasteiger partial charge in [-0.05, 0) is 38.1 Å². The summed E-state index contributed by atoms with van der Waals surface area (Å²) in [6, 6.07) is 6.76. The van der Waals surface area contributed by atoms with E-state index in [-0.39, 0.29) is 11.7 Å². The second-order valence-electron chi connectivity index (χ2n) is 5.02. The summed E-state index contributed by atoms with van der Waals surface area (Å²) in [6.45, 7) is 3.66. The Bertz CT molecular complexity index is 764. The van der Waals surface area contributed by atoms with Crippen LogP contribution in [0.15, 0.2) is 36.4 Å². The zero-order valence-corrected chi connectivity index (χ0v) is 13.2. The number of nitrogens with one attached hydrogen (secondary N) is 1. The summed E-state index contributed by atoms with van der Waals surface area (Å²) >= 11 is 0. The molecular weight excluding hydrogens is 343 g/mol. The van der Waals surface area contributed by atoms with Gasteiger partial charge in [0.15, 0.2) is 0 Å². The Morgan fingerprint density at radius 3 is 1.60 bits per heavy atom. The van der Waals surface area contributed by atoms with Crippen molar-refractivity contribution >= 4 is 17.1 Å². The van der Waals surface area contributed by atoms with Crippen LogP contribution < -0.4 is 5.32 Å². The second-order valence-corrected chi connectivity index (χ2v) is 5.02. The van der Waals surface area contributed by atoms with Crippen LogP contribution in [0.3, 0.4) is 0 Å². The van der Waals surface area contributed by atoms with E-state index in [1.54, 1.807) is 0 Å². The molecule has 10 heteroatoms. The van der Waals surface area contributed by atoms with Gasteiger partial charge in [0, 0.05) is 6.04 Å². The third-order valence-corrected chi connectivity index (χ3v) is 2.73. The molecule has 25 heavy (non-hydrogen) atoms. The van der Waals surface area contributed by atoms with Gasteiger partial charge in [-0.1, -0.05) is 12.1 Å². The van der Waals surface area contributed by atoms with Crippen molar-refractivity contribution < 1.29 is 23.0 Å². The predicted molar refractivity (Wildman–Crippen MR) is 84.8 cm³/mol. The number of rotatable bonds is 4. The molecule has 0 unspecified atom stereocenters. The Labute approximate surface area is 140 Å². The SMILES string of the molecule is CC(C)Nc1cccc(F)c1[N+](=O)[O-].O=[N+]([O-])c1c(F)cccc1F. The molecule has 2 aromatic carbocycles. The lowest BCUT2D eigenvalue weighted by atomic mass is 10.2. The van der Waals surface area contributed by atoms with Crippen molar-refractivity contribution in [2.45, 2.75) is 19.9 Å². The molecule has 0 spiro atoms. The number of nitro groups is 2. The number of nitro benzene ring substituents is 2.